The van der Waals surface area contributed by atoms with Crippen LogP contribution in [0, 0.1) is 0 Å². The van der Waals surface area contributed by atoms with Gasteiger partial charge in [-0.15, -0.1) is 0 Å². The van der Waals surface area contributed by atoms with Gasteiger partial charge >= 0.3 is 5.97 Å². The number of halogens is 1. The summed E-state index contributed by atoms with van der Waals surface area (Å²) in [5.74, 6) is -0.0440. The van der Waals surface area contributed by atoms with E-state index in [0.717, 1.165) is 35.2 Å². The average molecular weight is 411 g/mol. The highest BCUT2D eigenvalue weighted by Gasteiger charge is 2.24. The number of amides is 1. The van der Waals surface area contributed by atoms with Gasteiger partial charge < -0.3 is 14.4 Å². The quantitative estimate of drug-likeness (QED) is 0.479. The van der Waals surface area contributed by atoms with E-state index < -0.39 is 5.97 Å². The first-order valence-electron chi connectivity index (χ1n) is 9.26. The fraction of sp³-hybridized carbons (Fsp3) is 0.227. The molecule has 3 aromatic rings. The monoisotopic (exact) mass is 410 g/mol. The largest absolute Gasteiger partial charge is 0.497 e. The van der Waals surface area contributed by atoms with Crippen molar-refractivity contribution in [2.45, 2.75) is 12.8 Å². The number of ether oxygens (including phenoxy) is 2. The van der Waals surface area contributed by atoms with Crippen molar-refractivity contribution in [3.63, 3.8) is 0 Å². The van der Waals surface area contributed by atoms with Gasteiger partial charge in [0.05, 0.1) is 18.2 Å². The summed E-state index contributed by atoms with van der Waals surface area (Å²) in [7, 11) is 1.62. The summed E-state index contributed by atoms with van der Waals surface area (Å²) in [4.78, 5) is 31.0. The van der Waals surface area contributed by atoms with Crippen molar-refractivity contribution in [3.8, 4) is 5.75 Å². The van der Waals surface area contributed by atoms with E-state index in [1.165, 1.54) is 0 Å². The molecular weight excluding hydrogens is 392 g/mol. The Kier molecular flexibility index (Phi) is 5.36. The number of hydrogen-bond donors (Lipinski definition) is 0. The van der Waals surface area contributed by atoms with Crippen LogP contribution < -0.4 is 9.64 Å². The number of carbonyl (C=O) groups excluding carboxylic acids is 2. The number of hydrogen-bond acceptors (Lipinski definition) is 5. The van der Waals surface area contributed by atoms with Gasteiger partial charge in [-0.05, 0) is 66.9 Å². The molecule has 4 rings (SSSR count). The second-order valence-electron chi connectivity index (χ2n) is 6.76. The molecule has 6 nitrogen and oxygen atoms in total. The van der Waals surface area contributed by atoms with Crippen molar-refractivity contribution in [3.05, 3.63) is 64.8 Å². The molecule has 0 N–H and O–H groups in total. The minimum absolute atomic E-state index is 0.251. The van der Waals surface area contributed by atoms with Crippen LogP contribution in [0.4, 0.5) is 5.69 Å². The molecule has 1 aromatic heterocycles. The van der Waals surface area contributed by atoms with Gasteiger partial charge in [0.2, 0.25) is 0 Å². The van der Waals surface area contributed by atoms with Gasteiger partial charge in [0.25, 0.3) is 5.91 Å². The van der Waals surface area contributed by atoms with E-state index in [9.17, 15) is 9.59 Å². The van der Waals surface area contributed by atoms with Crippen LogP contribution in [0.15, 0.2) is 48.5 Å². The third-order valence-corrected chi connectivity index (χ3v) is 5.13. The number of esters is 1. The number of anilines is 1. The average Bonchev–Trinajstić information content (AvgIpc) is 2.75. The van der Waals surface area contributed by atoms with Crippen molar-refractivity contribution < 1.29 is 19.1 Å². The smallest absolute Gasteiger partial charge is 0.338 e. The lowest BCUT2D eigenvalue weighted by Crippen LogP contribution is -2.38. The SMILES string of the molecule is COc1ccc2c(c1)CCCN2C(=O)COC(=O)c1ccc2nc(Cl)ccc2c1. The molecule has 29 heavy (non-hydrogen) atoms. The molecule has 0 bridgehead atoms. The predicted octanol–water partition coefficient (Wildman–Crippen LogP) is 4.03. The molecule has 148 valence electrons. The lowest BCUT2D eigenvalue weighted by Gasteiger charge is -2.29. The Morgan fingerprint density at radius 3 is 2.83 bits per heavy atom. The highest BCUT2D eigenvalue weighted by atomic mass is 35.5. The van der Waals surface area contributed by atoms with Crippen molar-refractivity contribution in [1.29, 1.82) is 0 Å². The lowest BCUT2D eigenvalue weighted by molar-refractivity contribution is -0.121. The van der Waals surface area contributed by atoms with Crippen LogP contribution in [0.25, 0.3) is 10.9 Å². The Labute approximate surface area is 173 Å². The molecule has 1 aliphatic heterocycles. The summed E-state index contributed by atoms with van der Waals surface area (Å²) in [6.45, 7) is 0.277. The minimum Gasteiger partial charge on any atom is -0.497 e. The van der Waals surface area contributed by atoms with Crippen molar-refractivity contribution >= 4 is 40.1 Å². The molecule has 0 aliphatic carbocycles. The highest BCUT2D eigenvalue weighted by molar-refractivity contribution is 6.29. The maximum absolute atomic E-state index is 12.7. The second kappa shape index (κ2) is 8.09. The van der Waals surface area contributed by atoms with E-state index in [0.29, 0.717) is 22.8 Å². The Morgan fingerprint density at radius 1 is 1.14 bits per heavy atom. The first-order chi connectivity index (χ1) is 14.0. The fourth-order valence-electron chi connectivity index (χ4n) is 3.48. The highest BCUT2D eigenvalue weighted by Crippen LogP contribution is 2.30. The molecule has 0 saturated heterocycles. The molecule has 1 aliphatic rings. The topological polar surface area (TPSA) is 68.7 Å². The van der Waals surface area contributed by atoms with Gasteiger partial charge in [-0.1, -0.05) is 11.6 Å². The number of pyridine rings is 1. The zero-order valence-corrected chi connectivity index (χ0v) is 16.6. The van der Waals surface area contributed by atoms with Crippen LogP contribution in [0.3, 0.4) is 0 Å². The van der Waals surface area contributed by atoms with E-state index in [4.69, 9.17) is 21.1 Å². The van der Waals surface area contributed by atoms with Gasteiger partial charge in [-0.2, -0.15) is 0 Å². The van der Waals surface area contributed by atoms with Crippen LogP contribution in [0.2, 0.25) is 5.15 Å². The maximum atomic E-state index is 12.7. The number of carbonyl (C=O) groups is 2. The zero-order chi connectivity index (χ0) is 20.4. The molecule has 0 spiro atoms. The van der Waals surface area contributed by atoms with E-state index in [2.05, 4.69) is 4.98 Å². The normalized spacial score (nSPS) is 13.1. The number of nitrogens with zero attached hydrogens (tertiary/aromatic N) is 2. The molecule has 2 aromatic carbocycles. The molecule has 7 heteroatoms. The predicted molar refractivity (Wildman–Crippen MR) is 111 cm³/mol. The maximum Gasteiger partial charge on any atom is 0.338 e. The Balaban J connectivity index is 1.45. The number of aryl methyl sites for hydroxylation is 1. The Morgan fingerprint density at radius 2 is 2.00 bits per heavy atom. The van der Waals surface area contributed by atoms with Crippen molar-refractivity contribution in [1.82, 2.24) is 4.98 Å². The molecule has 0 unspecified atom stereocenters. The second-order valence-corrected chi connectivity index (χ2v) is 7.15. The van der Waals surface area contributed by atoms with E-state index in [1.807, 2.05) is 18.2 Å². The molecule has 2 heterocycles. The number of benzene rings is 2. The molecule has 1 amide bonds. The third-order valence-electron chi connectivity index (χ3n) is 4.92. The Bertz CT molecular complexity index is 1100. The third kappa shape index (κ3) is 4.03. The minimum atomic E-state index is -0.554. The molecule has 0 saturated carbocycles. The van der Waals surface area contributed by atoms with Gasteiger partial charge in [0.1, 0.15) is 10.9 Å². The van der Waals surface area contributed by atoms with Crippen molar-refractivity contribution in [2.24, 2.45) is 0 Å². The van der Waals surface area contributed by atoms with E-state index in [-0.39, 0.29) is 12.5 Å². The summed E-state index contributed by atoms with van der Waals surface area (Å²) in [6.07, 6.45) is 1.73. The fourth-order valence-corrected chi connectivity index (χ4v) is 3.63. The molecule has 0 fully saturated rings. The first kappa shape index (κ1) is 19.2. The van der Waals surface area contributed by atoms with Gasteiger partial charge in [-0.3, -0.25) is 4.79 Å². The van der Waals surface area contributed by atoms with Crippen LogP contribution >= 0.6 is 11.6 Å². The number of aromatic nitrogens is 1. The first-order valence-corrected chi connectivity index (χ1v) is 9.63. The van der Waals surface area contributed by atoms with Gasteiger partial charge in [0.15, 0.2) is 6.61 Å². The van der Waals surface area contributed by atoms with Crippen LogP contribution in [-0.4, -0.2) is 37.1 Å². The summed E-state index contributed by atoms with van der Waals surface area (Å²) < 4.78 is 10.5. The number of fused-ring (bicyclic) bond motifs is 2. The van der Waals surface area contributed by atoms with E-state index >= 15 is 0 Å². The zero-order valence-electron chi connectivity index (χ0n) is 15.9. The van der Waals surface area contributed by atoms with E-state index in [1.54, 1.807) is 42.3 Å². The standard InChI is InChI=1S/C22H19ClN2O4/c1-28-17-6-8-19-15(12-17)3-2-10-25(19)21(26)13-29-22(27)16-4-7-18-14(11-16)5-9-20(23)24-18/h4-9,11-12H,2-3,10,13H2,1H3. The van der Waals surface area contributed by atoms with Crippen molar-refractivity contribution in [2.75, 3.05) is 25.2 Å². The number of rotatable bonds is 4. The summed E-state index contributed by atoms with van der Waals surface area (Å²) >= 11 is 5.88. The van der Waals surface area contributed by atoms with Crippen LogP contribution in [-0.2, 0) is 16.0 Å². The molecular formula is C22H19ClN2O4. The molecule has 0 atom stereocenters. The summed E-state index contributed by atoms with van der Waals surface area (Å²) in [5, 5.41) is 1.16. The lowest BCUT2D eigenvalue weighted by atomic mass is 10.0. The Hall–Kier alpha value is -3.12. The van der Waals surface area contributed by atoms with Gasteiger partial charge in [0, 0.05) is 17.6 Å². The molecule has 0 radical (unpaired) electrons. The van der Waals surface area contributed by atoms with Crippen LogP contribution in [0.1, 0.15) is 22.3 Å². The van der Waals surface area contributed by atoms with Crippen LogP contribution in [0.5, 0.6) is 5.75 Å². The summed E-state index contributed by atoms with van der Waals surface area (Å²) in [5.41, 5.74) is 2.94. The van der Waals surface area contributed by atoms with Gasteiger partial charge in [-0.25, -0.2) is 9.78 Å². The number of methoxy groups -OCH3 is 1. The summed E-state index contributed by atoms with van der Waals surface area (Å²) in [6, 6.07) is 14.1.